The monoisotopic (exact) mass is 432 g/mol. The van der Waals surface area contributed by atoms with Crippen LogP contribution in [0.5, 0.6) is 0 Å². The minimum Gasteiger partial charge on any atom is -1.00 e. The van der Waals surface area contributed by atoms with Crippen LogP contribution in [0.15, 0.2) is 60.2 Å². The zero-order valence-corrected chi connectivity index (χ0v) is 17.8. The number of fused-ring (bicyclic) bond motifs is 2. The van der Waals surface area contributed by atoms with Crippen molar-refractivity contribution in [3.05, 3.63) is 82.4 Å². The standard InChI is InChI=1S/C12H13.C9H7.2ClH.Zr/c1-9(2)12-7-10-5-3-4-6-11(10)8-12;1-2-5-9-7-3-6-8(9)4-1;;;/h3-9H,1-2H3;1-7H;2*1H;/q;;;;+2/p-2. The average molecular weight is 435 g/mol. The Morgan fingerprint density at radius 1 is 0.833 bits per heavy atom. The Hall–Kier alpha value is -0.617. The van der Waals surface area contributed by atoms with Crippen molar-refractivity contribution in [2.24, 2.45) is 5.92 Å². The molecule has 0 amide bonds. The summed E-state index contributed by atoms with van der Waals surface area (Å²) >= 11 is -0.632. The number of hydrogen-bond acceptors (Lipinski definition) is 0. The van der Waals surface area contributed by atoms with E-state index < -0.39 is 23.2 Å². The molecule has 2 aliphatic carbocycles. The van der Waals surface area contributed by atoms with Crippen LogP contribution in [-0.2, 0) is 23.2 Å². The maximum atomic E-state index is 2.47. The summed E-state index contributed by atoms with van der Waals surface area (Å²) in [6, 6.07) is 18.0. The van der Waals surface area contributed by atoms with Gasteiger partial charge in [0.25, 0.3) is 0 Å². The Labute approximate surface area is 168 Å². The summed E-state index contributed by atoms with van der Waals surface area (Å²) in [7, 11) is 0. The van der Waals surface area contributed by atoms with Crippen LogP contribution >= 0.6 is 0 Å². The van der Waals surface area contributed by atoms with E-state index in [1.165, 1.54) is 11.1 Å². The van der Waals surface area contributed by atoms with Crippen molar-refractivity contribution in [1.82, 2.24) is 0 Å². The van der Waals surface area contributed by atoms with Crippen LogP contribution in [0.25, 0.3) is 12.2 Å². The van der Waals surface area contributed by atoms with E-state index in [9.17, 15) is 0 Å². The number of halogens is 2. The van der Waals surface area contributed by atoms with E-state index in [0.29, 0.717) is 5.92 Å². The third kappa shape index (κ3) is 3.50. The Balaban J connectivity index is 0.00000104. The van der Waals surface area contributed by atoms with Crippen molar-refractivity contribution in [3.8, 4) is 0 Å². The van der Waals surface area contributed by atoms with Crippen LogP contribution in [0.1, 0.15) is 43.4 Å². The summed E-state index contributed by atoms with van der Waals surface area (Å²) in [5, 5.41) is 0. The molecule has 0 fully saturated rings. The average Bonchev–Trinajstić information content (AvgIpc) is 3.10. The van der Waals surface area contributed by atoms with E-state index >= 15 is 0 Å². The van der Waals surface area contributed by atoms with Crippen molar-refractivity contribution in [1.29, 1.82) is 0 Å². The van der Waals surface area contributed by atoms with Crippen molar-refractivity contribution < 1.29 is 48.0 Å². The predicted octanol–water partition coefficient (Wildman–Crippen LogP) is -0.361. The van der Waals surface area contributed by atoms with E-state index in [-0.39, 0.29) is 24.8 Å². The molecule has 0 saturated heterocycles. The molecular weight excluding hydrogens is 414 g/mol. The largest absolute Gasteiger partial charge is 1.00 e. The van der Waals surface area contributed by atoms with Gasteiger partial charge in [-0.15, -0.1) is 0 Å². The minimum atomic E-state index is -0.632. The molecule has 2 aliphatic rings. The Kier molecular flexibility index (Phi) is 6.71. The van der Waals surface area contributed by atoms with Gasteiger partial charge in [0.1, 0.15) is 0 Å². The predicted molar refractivity (Wildman–Crippen MR) is 90.2 cm³/mol. The fraction of sp³-hybridized carbons (Fsp3) is 0.238. The molecule has 122 valence electrons. The van der Waals surface area contributed by atoms with Gasteiger partial charge in [0.15, 0.2) is 0 Å². The molecule has 2 unspecified atom stereocenters. The van der Waals surface area contributed by atoms with Gasteiger partial charge in [-0.1, -0.05) is 0 Å². The molecule has 2 atom stereocenters. The summed E-state index contributed by atoms with van der Waals surface area (Å²) in [5.41, 5.74) is 7.74. The summed E-state index contributed by atoms with van der Waals surface area (Å²) in [6.07, 6.45) is 7.27. The first-order chi connectivity index (χ1) is 10.7. The third-order valence-electron chi connectivity index (χ3n) is 4.77. The normalized spacial score (nSPS) is 19.7. The first kappa shape index (κ1) is 19.7. The molecule has 2 aromatic carbocycles. The van der Waals surface area contributed by atoms with E-state index in [0.717, 1.165) is 7.25 Å². The molecule has 3 heteroatoms. The van der Waals surface area contributed by atoms with Crippen molar-refractivity contribution in [2.45, 2.75) is 21.1 Å². The number of allylic oxidation sites excluding steroid dienone is 2. The second-order valence-corrected chi connectivity index (χ2v) is 10.3. The summed E-state index contributed by atoms with van der Waals surface area (Å²) in [4.78, 5) is 0. The van der Waals surface area contributed by atoms with Gasteiger partial charge in [-0.3, -0.25) is 0 Å². The summed E-state index contributed by atoms with van der Waals surface area (Å²) < 4.78 is 1.46. The van der Waals surface area contributed by atoms with Gasteiger partial charge in [0.05, 0.1) is 0 Å². The quantitative estimate of drug-likeness (QED) is 0.619. The molecule has 0 N–H and O–H groups in total. The molecular formula is C21H20Cl2Zr. The van der Waals surface area contributed by atoms with Crippen LogP contribution in [0, 0.1) is 5.92 Å². The molecule has 0 bridgehead atoms. The van der Waals surface area contributed by atoms with Crippen LogP contribution in [0.4, 0.5) is 0 Å². The Morgan fingerprint density at radius 3 is 2.17 bits per heavy atom. The number of hydrogen-bond donors (Lipinski definition) is 0. The van der Waals surface area contributed by atoms with E-state index in [2.05, 4.69) is 80.6 Å². The fourth-order valence-electron chi connectivity index (χ4n) is 3.61. The fourth-order valence-corrected chi connectivity index (χ4v) is 8.67. The maximum absolute atomic E-state index is 2.47. The zero-order valence-electron chi connectivity index (χ0n) is 13.8. The molecule has 0 aromatic heterocycles. The zero-order chi connectivity index (χ0) is 15.1. The molecule has 0 aliphatic heterocycles. The molecule has 0 radical (unpaired) electrons. The summed E-state index contributed by atoms with van der Waals surface area (Å²) in [6.45, 7) is 4.70. The summed E-state index contributed by atoms with van der Waals surface area (Å²) in [5.74, 6) is 0.652. The van der Waals surface area contributed by atoms with E-state index in [1.807, 2.05) is 0 Å². The number of rotatable bonds is 3. The van der Waals surface area contributed by atoms with Gasteiger partial charge in [0.2, 0.25) is 0 Å². The van der Waals surface area contributed by atoms with Gasteiger partial charge < -0.3 is 24.8 Å². The Morgan fingerprint density at radius 2 is 1.46 bits per heavy atom. The van der Waals surface area contributed by atoms with Gasteiger partial charge in [-0.25, -0.2) is 0 Å². The first-order valence-corrected chi connectivity index (χ1v) is 10.9. The van der Waals surface area contributed by atoms with E-state index in [4.69, 9.17) is 0 Å². The topological polar surface area (TPSA) is 0 Å². The van der Waals surface area contributed by atoms with Gasteiger partial charge in [0, 0.05) is 0 Å². The Bertz CT molecular complexity index is 777. The van der Waals surface area contributed by atoms with Crippen molar-refractivity contribution >= 4 is 12.2 Å². The van der Waals surface area contributed by atoms with Crippen LogP contribution < -0.4 is 24.8 Å². The molecule has 4 rings (SSSR count). The second kappa shape index (κ2) is 8.17. The molecule has 0 spiro atoms. The van der Waals surface area contributed by atoms with Crippen molar-refractivity contribution in [3.63, 3.8) is 0 Å². The molecule has 0 saturated carbocycles. The van der Waals surface area contributed by atoms with Crippen LogP contribution in [0.2, 0.25) is 0 Å². The molecule has 0 nitrogen and oxygen atoms in total. The van der Waals surface area contributed by atoms with Crippen molar-refractivity contribution in [2.75, 3.05) is 0 Å². The van der Waals surface area contributed by atoms with Gasteiger partial charge in [-0.05, 0) is 0 Å². The minimum absolute atomic E-state index is 0. The van der Waals surface area contributed by atoms with E-state index in [1.54, 1.807) is 16.7 Å². The van der Waals surface area contributed by atoms with Gasteiger partial charge >= 0.3 is 145 Å². The smallest absolute Gasteiger partial charge is 1.00 e. The molecule has 0 heterocycles. The van der Waals surface area contributed by atoms with Crippen LogP contribution in [0.3, 0.4) is 0 Å². The first-order valence-electron chi connectivity index (χ1n) is 8.07. The second-order valence-electron chi connectivity index (χ2n) is 6.49. The third-order valence-corrected chi connectivity index (χ3v) is 9.30. The van der Waals surface area contributed by atoms with Crippen LogP contribution in [-0.4, -0.2) is 0 Å². The number of benzene rings is 2. The maximum Gasteiger partial charge on any atom is -1.00 e. The SMILES string of the molecule is CC(C)C1=Cc2ccccc2[CH]1[Zr+2][CH]1C=Cc2ccccc21.[Cl-].[Cl-]. The van der Waals surface area contributed by atoms with Gasteiger partial charge in [-0.2, -0.15) is 0 Å². The molecule has 2 aromatic rings. The molecule has 24 heavy (non-hydrogen) atoms.